The van der Waals surface area contributed by atoms with E-state index in [-0.39, 0.29) is 18.0 Å². The number of esters is 1. The summed E-state index contributed by atoms with van der Waals surface area (Å²) in [5.74, 6) is -1.39. The smallest absolute Gasteiger partial charge is 0.326 e. The fourth-order valence-electron chi connectivity index (χ4n) is 5.35. The van der Waals surface area contributed by atoms with Crippen LogP contribution in [0.2, 0.25) is 0 Å². The number of carbonyl (C=O) groups excluding carboxylic acids is 2. The molecule has 7 nitrogen and oxygen atoms in total. The predicted octanol–water partition coefficient (Wildman–Crippen LogP) is 10.6. The summed E-state index contributed by atoms with van der Waals surface area (Å²) in [4.78, 5) is 36.2. The van der Waals surface area contributed by atoms with Crippen LogP contribution in [0.4, 0.5) is 0 Å². The Morgan fingerprint density at radius 1 is 0.633 bits per heavy atom. The van der Waals surface area contributed by atoms with Gasteiger partial charge in [-0.1, -0.05) is 120 Å². The number of carbonyl (C=O) groups is 3. The number of carboxylic acids is 1. The number of nitrogens with one attached hydrogen (secondary N) is 1. The van der Waals surface area contributed by atoms with Gasteiger partial charge in [0.15, 0.2) is 0 Å². The van der Waals surface area contributed by atoms with E-state index in [2.05, 4.69) is 73.8 Å². The van der Waals surface area contributed by atoms with E-state index < -0.39 is 12.0 Å². The molecule has 0 aromatic carbocycles. The van der Waals surface area contributed by atoms with E-state index in [0.717, 1.165) is 77.0 Å². The summed E-state index contributed by atoms with van der Waals surface area (Å²) in [7, 11) is 0. The van der Waals surface area contributed by atoms with Crippen molar-refractivity contribution in [3.05, 3.63) is 60.8 Å². The minimum Gasteiger partial charge on any atom is -0.480 e. The Hall–Kier alpha value is -2.93. The molecule has 0 saturated heterocycles. The number of ether oxygens (including phenoxy) is 1. The molecular weight excluding hydrogens is 612 g/mol. The highest BCUT2D eigenvalue weighted by Gasteiger charge is 2.19. The Morgan fingerprint density at radius 2 is 1.18 bits per heavy atom. The molecule has 0 heterocycles. The molecule has 7 heteroatoms. The zero-order valence-electron chi connectivity index (χ0n) is 31.3. The lowest BCUT2D eigenvalue weighted by atomic mass is 10.1. The fourth-order valence-corrected chi connectivity index (χ4v) is 5.35. The van der Waals surface area contributed by atoms with Crippen molar-refractivity contribution in [2.75, 3.05) is 6.54 Å². The molecule has 0 radical (unpaired) electrons. The van der Waals surface area contributed by atoms with Gasteiger partial charge in [0.1, 0.15) is 12.1 Å². The molecule has 280 valence electrons. The second-order valence-electron chi connectivity index (χ2n) is 13.0. The molecule has 0 saturated carbocycles. The standard InChI is InChI=1S/C42H72N2O5/c1-3-5-7-9-11-13-14-15-16-17-18-19-20-22-24-30-36-41(46)49-38(32-27-23-21-12-10-8-6-4-2)33-28-25-26-29-35-40(45)44-39(42(47)48)34-31-37-43/h6,8,12-14,16-17,21,27,32,38-39H,3-5,7,9-11,15,18-20,22-26,28-31,33-37,43H2,1-2H3,(H,44,45)(H,47,48)/b8-6-,14-13-,17-16-,21-12-,32-27-. The number of nitrogens with two attached hydrogens (primary N) is 1. The van der Waals surface area contributed by atoms with E-state index in [1.54, 1.807) is 0 Å². The van der Waals surface area contributed by atoms with Gasteiger partial charge in [-0.05, 0) is 103 Å². The average molecular weight is 685 g/mol. The van der Waals surface area contributed by atoms with Crippen LogP contribution in [0, 0.1) is 0 Å². The third-order valence-corrected chi connectivity index (χ3v) is 8.30. The number of allylic oxidation sites excluding steroid dienone is 9. The van der Waals surface area contributed by atoms with Gasteiger partial charge in [-0.2, -0.15) is 0 Å². The van der Waals surface area contributed by atoms with Gasteiger partial charge >= 0.3 is 11.9 Å². The Bertz CT molecular complexity index is 953. The van der Waals surface area contributed by atoms with Crippen LogP contribution in [0.25, 0.3) is 0 Å². The molecule has 0 aromatic rings. The second kappa shape index (κ2) is 36.4. The molecule has 0 fully saturated rings. The zero-order valence-corrected chi connectivity index (χ0v) is 31.3. The first-order valence-corrected chi connectivity index (χ1v) is 19.6. The lowest BCUT2D eigenvalue weighted by Crippen LogP contribution is -2.40. The molecule has 0 spiro atoms. The minimum absolute atomic E-state index is 0.129. The number of amides is 1. The van der Waals surface area contributed by atoms with Gasteiger partial charge < -0.3 is 20.9 Å². The summed E-state index contributed by atoms with van der Waals surface area (Å²) in [5.41, 5.74) is 5.47. The van der Waals surface area contributed by atoms with Crippen molar-refractivity contribution in [3.63, 3.8) is 0 Å². The van der Waals surface area contributed by atoms with Crippen LogP contribution in [0.3, 0.4) is 0 Å². The highest BCUT2D eigenvalue weighted by molar-refractivity contribution is 5.83. The Kier molecular flexibility index (Phi) is 34.2. The van der Waals surface area contributed by atoms with Crippen molar-refractivity contribution in [2.45, 2.75) is 180 Å². The maximum absolute atomic E-state index is 12.7. The first kappa shape index (κ1) is 46.1. The Labute approximate surface area is 300 Å². The van der Waals surface area contributed by atoms with E-state index in [9.17, 15) is 19.5 Å². The van der Waals surface area contributed by atoms with Crippen LogP contribution in [0.5, 0.6) is 0 Å². The molecule has 0 aliphatic carbocycles. The highest BCUT2D eigenvalue weighted by Crippen LogP contribution is 2.14. The summed E-state index contributed by atoms with van der Waals surface area (Å²) >= 11 is 0. The molecular formula is C42H72N2O5. The number of unbranched alkanes of at least 4 members (excludes halogenated alkanes) is 12. The van der Waals surface area contributed by atoms with Crippen molar-refractivity contribution in [2.24, 2.45) is 5.73 Å². The van der Waals surface area contributed by atoms with Crippen LogP contribution >= 0.6 is 0 Å². The fraction of sp³-hybridized carbons (Fsp3) is 0.690. The van der Waals surface area contributed by atoms with Gasteiger partial charge in [0, 0.05) is 12.8 Å². The van der Waals surface area contributed by atoms with Crippen molar-refractivity contribution in [3.8, 4) is 0 Å². The number of rotatable bonds is 34. The molecule has 0 aliphatic rings. The van der Waals surface area contributed by atoms with Gasteiger partial charge in [-0.25, -0.2) is 4.79 Å². The molecule has 0 rings (SSSR count). The van der Waals surface area contributed by atoms with Crippen molar-refractivity contribution >= 4 is 17.8 Å². The van der Waals surface area contributed by atoms with E-state index in [0.29, 0.717) is 38.6 Å². The number of carboxylic acid groups (broad SMARTS) is 1. The minimum atomic E-state index is -1.02. The monoisotopic (exact) mass is 685 g/mol. The van der Waals surface area contributed by atoms with Crippen LogP contribution in [0.1, 0.15) is 168 Å². The summed E-state index contributed by atoms with van der Waals surface area (Å²) in [6, 6.07) is -0.879. The molecule has 0 bridgehead atoms. The van der Waals surface area contributed by atoms with Crippen LogP contribution < -0.4 is 11.1 Å². The molecule has 0 aromatic heterocycles. The predicted molar refractivity (Wildman–Crippen MR) is 206 cm³/mol. The summed E-state index contributed by atoms with van der Waals surface area (Å²) < 4.78 is 5.87. The molecule has 49 heavy (non-hydrogen) atoms. The molecule has 1 amide bonds. The van der Waals surface area contributed by atoms with Crippen LogP contribution in [0.15, 0.2) is 60.8 Å². The van der Waals surface area contributed by atoms with E-state index >= 15 is 0 Å². The quantitative estimate of drug-likeness (QED) is 0.0353. The van der Waals surface area contributed by atoms with Gasteiger partial charge in [-0.3, -0.25) is 9.59 Å². The zero-order chi connectivity index (χ0) is 36.0. The maximum Gasteiger partial charge on any atom is 0.326 e. The number of hydrogen-bond donors (Lipinski definition) is 3. The van der Waals surface area contributed by atoms with E-state index in [1.807, 2.05) is 6.08 Å². The second-order valence-corrected chi connectivity index (χ2v) is 13.0. The van der Waals surface area contributed by atoms with Gasteiger partial charge in [0.2, 0.25) is 5.91 Å². The summed E-state index contributed by atoms with van der Waals surface area (Å²) in [6.07, 6.45) is 44.2. The topological polar surface area (TPSA) is 119 Å². The van der Waals surface area contributed by atoms with Gasteiger partial charge in [0.05, 0.1) is 0 Å². The number of aliphatic carboxylic acids is 1. The largest absolute Gasteiger partial charge is 0.480 e. The SMILES string of the molecule is CC/C=C\C/C=C\C/C=C\C(CCCCCCC(=O)NC(CCCN)C(=O)O)OC(=O)CCCCCCC/C=C\C/C=C\CCCCCC. The Morgan fingerprint density at radius 3 is 1.82 bits per heavy atom. The molecule has 0 aliphatic heterocycles. The van der Waals surface area contributed by atoms with E-state index in [4.69, 9.17) is 10.5 Å². The van der Waals surface area contributed by atoms with E-state index in [1.165, 1.54) is 44.9 Å². The first-order chi connectivity index (χ1) is 23.9. The van der Waals surface area contributed by atoms with Gasteiger partial charge in [-0.15, -0.1) is 0 Å². The Balaban J connectivity index is 4.37. The number of hydrogen-bond acceptors (Lipinski definition) is 5. The lowest BCUT2D eigenvalue weighted by molar-refractivity contribution is -0.147. The lowest BCUT2D eigenvalue weighted by Gasteiger charge is -2.15. The van der Waals surface area contributed by atoms with Gasteiger partial charge in [0.25, 0.3) is 0 Å². The molecule has 2 atom stereocenters. The normalized spacial score (nSPS) is 13.4. The highest BCUT2D eigenvalue weighted by atomic mass is 16.5. The van der Waals surface area contributed by atoms with Crippen LogP contribution in [-0.2, 0) is 19.1 Å². The maximum atomic E-state index is 12.7. The van der Waals surface area contributed by atoms with Crippen molar-refractivity contribution in [1.82, 2.24) is 5.32 Å². The average Bonchev–Trinajstić information content (AvgIpc) is 3.08. The summed E-state index contributed by atoms with van der Waals surface area (Å²) in [5, 5.41) is 11.9. The first-order valence-electron chi connectivity index (χ1n) is 19.6. The molecule has 2 unspecified atom stereocenters. The third kappa shape index (κ3) is 33.3. The van der Waals surface area contributed by atoms with Crippen LogP contribution in [-0.4, -0.2) is 41.6 Å². The third-order valence-electron chi connectivity index (χ3n) is 8.30. The van der Waals surface area contributed by atoms with Crippen molar-refractivity contribution in [1.29, 1.82) is 0 Å². The van der Waals surface area contributed by atoms with Crippen molar-refractivity contribution < 1.29 is 24.2 Å². The molecule has 4 N–H and O–H groups in total. The summed E-state index contributed by atoms with van der Waals surface area (Å²) in [6.45, 7) is 4.77.